The summed E-state index contributed by atoms with van der Waals surface area (Å²) in [5, 5.41) is 14.8. The number of nitrogens with zero attached hydrogens (tertiary/aromatic N) is 3. The number of anilines is 2. The molecule has 28 heavy (non-hydrogen) atoms. The molecule has 0 radical (unpaired) electrons. The summed E-state index contributed by atoms with van der Waals surface area (Å²) >= 11 is 9.80. The SMILES string of the molecule is CC1CCCCN1Cc1cc(Cl)cc(Nc2ccnc3cc(Br)cnc23)c1O. The Morgan fingerprint density at radius 2 is 2.11 bits per heavy atom. The molecule has 4 rings (SSSR count). The van der Waals surface area contributed by atoms with Crippen LogP contribution in [0.4, 0.5) is 11.4 Å². The monoisotopic (exact) mass is 460 g/mol. The zero-order valence-electron chi connectivity index (χ0n) is 15.6. The molecule has 1 aliphatic heterocycles. The largest absolute Gasteiger partial charge is 0.505 e. The van der Waals surface area contributed by atoms with Crippen molar-refractivity contribution in [2.45, 2.75) is 38.8 Å². The Morgan fingerprint density at radius 1 is 1.25 bits per heavy atom. The Hall–Kier alpha value is -1.89. The minimum Gasteiger partial charge on any atom is -0.505 e. The molecule has 1 saturated heterocycles. The number of fused-ring (bicyclic) bond motifs is 1. The minimum atomic E-state index is 0.226. The highest BCUT2D eigenvalue weighted by atomic mass is 79.9. The highest BCUT2D eigenvalue weighted by Crippen LogP contribution is 2.36. The molecule has 0 saturated carbocycles. The number of piperidine rings is 1. The summed E-state index contributed by atoms with van der Waals surface area (Å²) in [6.07, 6.45) is 7.11. The van der Waals surface area contributed by atoms with Crippen molar-refractivity contribution in [1.29, 1.82) is 0 Å². The van der Waals surface area contributed by atoms with Gasteiger partial charge in [-0.05, 0) is 66.5 Å². The van der Waals surface area contributed by atoms with E-state index in [1.54, 1.807) is 18.5 Å². The van der Waals surface area contributed by atoms with Gasteiger partial charge in [-0.2, -0.15) is 0 Å². The van der Waals surface area contributed by atoms with Crippen molar-refractivity contribution in [3.8, 4) is 5.75 Å². The number of halogens is 2. The first-order valence-electron chi connectivity index (χ1n) is 9.44. The Morgan fingerprint density at radius 3 is 2.93 bits per heavy atom. The van der Waals surface area contributed by atoms with Crippen molar-refractivity contribution in [2.24, 2.45) is 0 Å². The van der Waals surface area contributed by atoms with E-state index in [-0.39, 0.29) is 5.75 Å². The van der Waals surface area contributed by atoms with E-state index in [1.807, 2.05) is 18.2 Å². The average molecular weight is 462 g/mol. The molecular weight excluding hydrogens is 440 g/mol. The zero-order valence-corrected chi connectivity index (χ0v) is 18.0. The topological polar surface area (TPSA) is 61.3 Å². The number of hydrogen-bond donors (Lipinski definition) is 2. The summed E-state index contributed by atoms with van der Waals surface area (Å²) in [5.41, 5.74) is 3.68. The third-order valence-electron chi connectivity index (χ3n) is 5.28. The lowest BCUT2D eigenvalue weighted by molar-refractivity contribution is 0.151. The standard InChI is InChI=1S/C21H22BrClN4O/c1-13-4-2-3-7-27(13)12-14-8-16(23)10-19(21(14)28)26-17-5-6-24-18-9-15(22)11-25-20(17)18/h5-6,8-11,13,28H,2-4,7,12H2,1H3,(H,24,26). The summed E-state index contributed by atoms with van der Waals surface area (Å²) in [7, 11) is 0. The van der Waals surface area contributed by atoms with Crippen LogP contribution in [0.25, 0.3) is 11.0 Å². The van der Waals surface area contributed by atoms with Crippen LogP contribution in [-0.2, 0) is 6.54 Å². The fourth-order valence-corrected chi connectivity index (χ4v) is 4.29. The first-order chi connectivity index (χ1) is 13.5. The number of rotatable bonds is 4. The number of likely N-dealkylation sites (tertiary alicyclic amines) is 1. The van der Waals surface area contributed by atoms with E-state index in [9.17, 15) is 5.11 Å². The highest BCUT2D eigenvalue weighted by Gasteiger charge is 2.21. The van der Waals surface area contributed by atoms with Crippen LogP contribution in [0, 0.1) is 0 Å². The van der Waals surface area contributed by atoms with E-state index in [1.165, 1.54) is 19.3 Å². The van der Waals surface area contributed by atoms with Gasteiger partial charge in [-0.1, -0.05) is 18.0 Å². The van der Waals surface area contributed by atoms with Crippen molar-refractivity contribution in [3.63, 3.8) is 0 Å². The minimum absolute atomic E-state index is 0.226. The zero-order chi connectivity index (χ0) is 19.7. The van der Waals surface area contributed by atoms with Gasteiger partial charge >= 0.3 is 0 Å². The van der Waals surface area contributed by atoms with E-state index >= 15 is 0 Å². The van der Waals surface area contributed by atoms with E-state index in [0.717, 1.165) is 33.3 Å². The van der Waals surface area contributed by atoms with Gasteiger partial charge in [-0.3, -0.25) is 14.9 Å². The highest BCUT2D eigenvalue weighted by molar-refractivity contribution is 9.10. The van der Waals surface area contributed by atoms with Gasteiger partial charge in [0.25, 0.3) is 0 Å². The number of pyridine rings is 2. The van der Waals surface area contributed by atoms with E-state index in [4.69, 9.17) is 11.6 Å². The average Bonchev–Trinajstić information content (AvgIpc) is 2.67. The number of phenolic OH excluding ortho intramolecular Hbond substituents is 1. The number of aromatic hydroxyl groups is 1. The Kier molecular flexibility index (Phi) is 5.71. The van der Waals surface area contributed by atoms with Gasteiger partial charge in [0.1, 0.15) is 11.3 Å². The van der Waals surface area contributed by atoms with Gasteiger partial charge in [0.2, 0.25) is 0 Å². The van der Waals surface area contributed by atoms with Crippen molar-refractivity contribution < 1.29 is 5.11 Å². The Bertz CT molecular complexity index is 1010. The summed E-state index contributed by atoms with van der Waals surface area (Å²) in [5.74, 6) is 0.226. The second kappa shape index (κ2) is 8.23. The van der Waals surface area contributed by atoms with Crippen LogP contribution >= 0.6 is 27.5 Å². The summed E-state index contributed by atoms with van der Waals surface area (Å²) in [6, 6.07) is 7.86. The van der Waals surface area contributed by atoms with Crippen LogP contribution in [0.2, 0.25) is 5.02 Å². The summed E-state index contributed by atoms with van der Waals surface area (Å²) in [6.45, 7) is 3.97. The molecule has 1 aliphatic rings. The third kappa shape index (κ3) is 4.09. The molecular formula is C21H22BrClN4O. The molecule has 0 bridgehead atoms. The fraction of sp³-hybridized carbons (Fsp3) is 0.333. The van der Waals surface area contributed by atoms with Gasteiger partial charge in [-0.25, -0.2) is 0 Å². The predicted molar refractivity (Wildman–Crippen MR) is 117 cm³/mol. The molecule has 5 nitrogen and oxygen atoms in total. The molecule has 0 spiro atoms. The predicted octanol–water partition coefficient (Wildman–Crippen LogP) is 5.87. The lowest BCUT2D eigenvalue weighted by Gasteiger charge is -2.33. The number of aromatic nitrogens is 2. The first kappa shape index (κ1) is 19.4. The Balaban J connectivity index is 1.66. The second-order valence-electron chi connectivity index (χ2n) is 7.28. The lowest BCUT2D eigenvalue weighted by atomic mass is 10.0. The molecule has 0 amide bonds. The van der Waals surface area contributed by atoms with Crippen molar-refractivity contribution in [3.05, 3.63) is 51.7 Å². The van der Waals surface area contributed by atoms with E-state index in [2.05, 4.69) is 43.0 Å². The maximum absolute atomic E-state index is 10.9. The number of phenols is 1. The van der Waals surface area contributed by atoms with Gasteiger partial charge in [0.05, 0.1) is 16.9 Å². The number of nitrogens with one attached hydrogen (secondary N) is 1. The molecule has 0 aliphatic carbocycles. The molecule has 1 fully saturated rings. The third-order valence-corrected chi connectivity index (χ3v) is 5.93. The molecule has 3 aromatic rings. The second-order valence-corrected chi connectivity index (χ2v) is 8.63. The van der Waals surface area contributed by atoms with Crippen molar-refractivity contribution in [2.75, 3.05) is 11.9 Å². The summed E-state index contributed by atoms with van der Waals surface area (Å²) < 4.78 is 0.869. The lowest BCUT2D eigenvalue weighted by Crippen LogP contribution is -2.36. The molecule has 3 heterocycles. The van der Waals surface area contributed by atoms with Crippen LogP contribution < -0.4 is 5.32 Å². The molecule has 1 aromatic carbocycles. The normalized spacial score (nSPS) is 17.8. The summed E-state index contributed by atoms with van der Waals surface area (Å²) in [4.78, 5) is 11.2. The maximum atomic E-state index is 10.9. The fourth-order valence-electron chi connectivity index (χ4n) is 3.73. The molecule has 2 aromatic heterocycles. The first-order valence-corrected chi connectivity index (χ1v) is 10.6. The molecule has 1 unspecified atom stereocenters. The van der Waals surface area contributed by atoms with Crippen LogP contribution in [0.3, 0.4) is 0 Å². The van der Waals surface area contributed by atoms with Crippen molar-refractivity contribution in [1.82, 2.24) is 14.9 Å². The van der Waals surface area contributed by atoms with Crippen LogP contribution in [0.5, 0.6) is 5.75 Å². The number of benzene rings is 1. The van der Waals surface area contributed by atoms with Gasteiger partial charge in [0, 0.05) is 40.0 Å². The van der Waals surface area contributed by atoms with Crippen LogP contribution in [0.15, 0.2) is 41.1 Å². The van der Waals surface area contributed by atoms with Gasteiger partial charge in [0.15, 0.2) is 0 Å². The smallest absolute Gasteiger partial charge is 0.143 e. The van der Waals surface area contributed by atoms with Crippen molar-refractivity contribution >= 4 is 49.9 Å². The molecule has 7 heteroatoms. The molecule has 2 N–H and O–H groups in total. The maximum Gasteiger partial charge on any atom is 0.143 e. The quantitative estimate of drug-likeness (QED) is 0.476. The van der Waals surface area contributed by atoms with E-state index < -0.39 is 0 Å². The molecule has 146 valence electrons. The number of hydrogen-bond acceptors (Lipinski definition) is 5. The van der Waals surface area contributed by atoms with Crippen LogP contribution in [-0.4, -0.2) is 32.6 Å². The molecule has 1 atom stereocenters. The Labute approximate surface area is 177 Å². The van der Waals surface area contributed by atoms with E-state index in [0.29, 0.717) is 23.3 Å². The van der Waals surface area contributed by atoms with Crippen LogP contribution in [0.1, 0.15) is 31.7 Å². The van der Waals surface area contributed by atoms with Gasteiger partial charge < -0.3 is 10.4 Å². The van der Waals surface area contributed by atoms with Gasteiger partial charge in [-0.15, -0.1) is 0 Å².